The van der Waals surface area contributed by atoms with Crippen LogP contribution in [0.15, 0.2) is 170 Å². The van der Waals surface area contributed by atoms with Gasteiger partial charge in [0.1, 0.15) is 23.5 Å². The molecule has 0 atom stereocenters. The zero-order chi connectivity index (χ0) is 35.8. The van der Waals surface area contributed by atoms with Crippen LogP contribution in [0.4, 0.5) is 0 Å². The quantitative estimate of drug-likeness (QED) is 0.174. The van der Waals surface area contributed by atoms with Crippen LogP contribution >= 0.6 is 0 Å². The van der Waals surface area contributed by atoms with Crippen LogP contribution in [0.25, 0.3) is 56.2 Å². The summed E-state index contributed by atoms with van der Waals surface area (Å²) in [6.07, 6.45) is 3.29. The van der Waals surface area contributed by atoms with Crippen LogP contribution in [-0.2, 0) is 5.41 Å². The van der Waals surface area contributed by atoms with E-state index in [2.05, 4.69) is 119 Å². The summed E-state index contributed by atoms with van der Waals surface area (Å²) >= 11 is 0. The van der Waals surface area contributed by atoms with Crippen LogP contribution in [0.3, 0.4) is 0 Å². The molecule has 0 unspecified atom stereocenters. The second-order valence-electron chi connectivity index (χ2n) is 12.9. The molecule has 0 bridgehead atoms. The zero-order valence-electron chi connectivity index (χ0n) is 28.3. The highest BCUT2D eigenvalue weighted by atomic mass is 14.7. The molecule has 0 saturated heterocycles. The molecule has 4 aromatic carbocycles. The smallest absolute Gasteiger partial charge is 0.141 e. The number of aromatic nitrogens is 4. The topological polar surface area (TPSA) is 99.1 Å². The monoisotopic (exact) mass is 676 g/mol. The standard InChI is InChI=1S/C47H28N6/c48-29-37-25-33(21-23-50-37)45-15-7-13-43(52-45)31-17-19-39-40-20-18-32(44-14-8-16-46(53-44)34-22-24-51-38(26-34)30-49)28-42(40)47(41(39)27-31,35-9-3-1-4-10-35)36-11-5-2-6-12-36/h1-28H. The Labute approximate surface area is 307 Å². The van der Waals surface area contributed by atoms with Gasteiger partial charge in [-0.3, -0.25) is 0 Å². The average Bonchev–Trinajstić information content (AvgIpc) is 3.54. The first-order chi connectivity index (χ1) is 26.1. The third kappa shape index (κ3) is 5.34. The molecular weight excluding hydrogens is 649 g/mol. The predicted octanol–water partition coefficient (Wildman–Crippen LogP) is 10.0. The van der Waals surface area contributed by atoms with Crippen molar-refractivity contribution >= 4 is 0 Å². The van der Waals surface area contributed by atoms with Crippen molar-refractivity contribution in [3.63, 3.8) is 0 Å². The molecular formula is C47H28N6. The average molecular weight is 677 g/mol. The van der Waals surface area contributed by atoms with Crippen molar-refractivity contribution in [2.45, 2.75) is 5.41 Å². The molecule has 0 radical (unpaired) electrons. The maximum absolute atomic E-state index is 9.45. The molecule has 53 heavy (non-hydrogen) atoms. The van der Waals surface area contributed by atoms with Crippen molar-refractivity contribution in [2.75, 3.05) is 0 Å². The van der Waals surface area contributed by atoms with Gasteiger partial charge in [0, 0.05) is 34.6 Å². The minimum Gasteiger partial charge on any atom is -0.248 e. The highest BCUT2D eigenvalue weighted by Gasteiger charge is 2.46. The largest absolute Gasteiger partial charge is 0.248 e. The third-order valence-corrected chi connectivity index (χ3v) is 9.98. The van der Waals surface area contributed by atoms with Gasteiger partial charge in [-0.15, -0.1) is 0 Å². The molecule has 4 aromatic heterocycles. The lowest BCUT2D eigenvalue weighted by Crippen LogP contribution is -2.28. The number of hydrogen-bond donors (Lipinski definition) is 0. The Kier molecular flexibility index (Phi) is 7.70. The number of pyridine rings is 4. The number of nitrogens with zero attached hydrogens (tertiary/aromatic N) is 6. The number of rotatable bonds is 6. The Hall–Kier alpha value is -7.54. The van der Waals surface area contributed by atoms with Gasteiger partial charge in [-0.05, 0) is 94.0 Å². The van der Waals surface area contributed by atoms with Crippen LogP contribution < -0.4 is 0 Å². The van der Waals surface area contributed by atoms with E-state index in [1.165, 1.54) is 11.1 Å². The van der Waals surface area contributed by atoms with Crippen molar-refractivity contribution in [1.29, 1.82) is 10.5 Å². The highest BCUT2D eigenvalue weighted by molar-refractivity contribution is 5.90. The van der Waals surface area contributed by atoms with E-state index in [0.29, 0.717) is 11.4 Å². The highest BCUT2D eigenvalue weighted by Crippen LogP contribution is 2.57. The molecule has 0 N–H and O–H groups in total. The summed E-state index contributed by atoms with van der Waals surface area (Å²) in [7, 11) is 0. The summed E-state index contributed by atoms with van der Waals surface area (Å²) in [5, 5.41) is 18.9. The summed E-state index contributed by atoms with van der Waals surface area (Å²) in [5.74, 6) is 0. The molecule has 9 rings (SSSR count). The maximum atomic E-state index is 9.45. The Balaban J connectivity index is 1.25. The fourth-order valence-corrected chi connectivity index (χ4v) is 7.62. The van der Waals surface area contributed by atoms with Crippen LogP contribution in [0.2, 0.25) is 0 Å². The molecule has 246 valence electrons. The lowest BCUT2D eigenvalue weighted by molar-refractivity contribution is 0.769. The molecule has 8 aromatic rings. The van der Waals surface area contributed by atoms with E-state index < -0.39 is 5.41 Å². The van der Waals surface area contributed by atoms with E-state index in [9.17, 15) is 10.5 Å². The van der Waals surface area contributed by atoms with E-state index in [0.717, 1.165) is 67.3 Å². The molecule has 4 heterocycles. The number of fused-ring (bicyclic) bond motifs is 3. The van der Waals surface area contributed by atoms with Crippen molar-refractivity contribution in [1.82, 2.24) is 19.9 Å². The molecule has 6 nitrogen and oxygen atoms in total. The van der Waals surface area contributed by atoms with Gasteiger partial charge in [0.05, 0.1) is 28.2 Å². The van der Waals surface area contributed by atoms with Crippen molar-refractivity contribution < 1.29 is 0 Å². The molecule has 1 aliphatic rings. The van der Waals surface area contributed by atoms with E-state index in [1.54, 1.807) is 24.5 Å². The van der Waals surface area contributed by atoms with E-state index in [4.69, 9.17) is 9.97 Å². The minimum atomic E-state index is -0.645. The molecule has 1 aliphatic carbocycles. The first-order valence-electron chi connectivity index (χ1n) is 17.2. The maximum Gasteiger partial charge on any atom is 0.141 e. The fraction of sp³-hybridized carbons (Fsp3) is 0.0213. The lowest BCUT2D eigenvalue weighted by atomic mass is 9.67. The zero-order valence-corrected chi connectivity index (χ0v) is 28.3. The van der Waals surface area contributed by atoms with Gasteiger partial charge in [0.2, 0.25) is 0 Å². The number of benzene rings is 4. The van der Waals surface area contributed by atoms with Crippen LogP contribution in [-0.4, -0.2) is 19.9 Å². The van der Waals surface area contributed by atoms with E-state index >= 15 is 0 Å². The lowest BCUT2D eigenvalue weighted by Gasteiger charge is -2.34. The van der Waals surface area contributed by atoms with E-state index in [-0.39, 0.29) is 0 Å². The van der Waals surface area contributed by atoms with Crippen molar-refractivity contribution in [3.05, 3.63) is 204 Å². The Morgan fingerprint density at radius 3 is 1.19 bits per heavy atom. The summed E-state index contributed by atoms with van der Waals surface area (Å²) in [4.78, 5) is 18.5. The molecule has 0 amide bonds. The summed E-state index contributed by atoms with van der Waals surface area (Å²) in [6, 6.07) is 58.3. The van der Waals surface area contributed by atoms with E-state index in [1.807, 2.05) is 48.5 Å². The van der Waals surface area contributed by atoms with Crippen molar-refractivity contribution in [3.8, 4) is 68.3 Å². The van der Waals surface area contributed by atoms with Crippen LogP contribution in [0.5, 0.6) is 0 Å². The Bertz CT molecular complexity index is 2570. The van der Waals surface area contributed by atoms with Crippen molar-refractivity contribution in [2.24, 2.45) is 0 Å². The first-order valence-corrected chi connectivity index (χ1v) is 17.2. The Morgan fingerprint density at radius 2 is 0.792 bits per heavy atom. The predicted molar refractivity (Wildman–Crippen MR) is 206 cm³/mol. The third-order valence-electron chi connectivity index (χ3n) is 9.98. The fourth-order valence-electron chi connectivity index (χ4n) is 7.62. The van der Waals surface area contributed by atoms with Crippen LogP contribution in [0, 0.1) is 22.7 Å². The molecule has 0 aliphatic heterocycles. The Morgan fingerprint density at radius 1 is 0.396 bits per heavy atom. The van der Waals surface area contributed by atoms with Gasteiger partial charge in [0.15, 0.2) is 0 Å². The van der Waals surface area contributed by atoms with Gasteiger partial charge >= 0.3 is 0 Å². The molecule has 0 saturated carbocycles. The second-order valence-corrected chi connectivity index (χ2v) is 12.9. The molecule has 0 spiro atoms. The van der Waals surface area contributed by atoms with Gasteiger partial charge < -0.3 is 0 Å². The first kappa shape index (κ1) is 31.4. The van der Waals surface area contributed by atoms with Gasteiger partial charge in [0.25, 0.3) is 0 Å². The summed E-state index contributed by atoms with van der Waals surface area (Å²) in [5.41, 5.74) is 13.9. The molecule has 6 heteroatoms. The van der Waals surface area contributed by atoms with Gasteiger partial charge in [-0.25, -0.2) is 19.9 Å². The minimum absolute atomic E-state index is 0.354. The molecule has 0 fully saturated rings. The normalized spacial score (nSPS) is 12.3. The summed E-state index contributed by atoms with van der Waals surface area (Å²) < 4.78 is 0. The van der Waals surface area contributed by atoms with Crippen LogP contribution in [0.1, 0.15) is 33.6 Å². The number of nitriles is 2. The SMILES string of the molecule is N#Cc1cc(-c2cccc(-c3ccc4c(c3)C(c3ccccc3)(c3ccccc3)c3cc(-c5cccc(-c6ccnc(C#N)c6)n5)ccc3-4)n2)ccn1. The van der Waals surface area contributed by atoms with Gasteiger partial charge in [-0.2, -0.15) is 10.5 Å². The summed E-state index contributed by atoms with van der Waals surface area (Å²) in [6.45, 7) is 0. The van der Waals surface area contributed by atoms with Gasteiger partial charge in [-0.1, -0.05) is 97.1 Å². The number of hydrogen-bond acceptors (Lipinski definition) is 6. The second kappa shape index (κ2) is 13.0.